The summed E-state index contributed by atoms with van der Waals surface area (Å²) in [5.41, 5.74) is 1.71. The van der Waals surface area contributed by atoms with E-state index in [9.17, 15) is 14.4 Å². The summed E-state index contributed by atoms with van der Waals surface area (Å²) in [4.78, 5) is 38.8. The van der Waals surface area contributed by atoms with Gasteiger partial charge in [0.15, 0.2) is 5.60 Å². The third-order valence-corrected chi connectivity index (χ3v) is 6.68. The molecular weight excluding hydrogens is 420 g/mol. The second kappa shape index (κ2) is 10.3. The first kappa shape index (κ1) is 24.6. The highest BCUT2D eigenvalue weighted by atomic mass is 16.6. The lowest BCUT2D eigenvalue weighted by Gasteiger charge is -2.32. The van der Waals surface area contributed by atoms with Crippen LogP contribution in [0, 0.1) is 19.3 Å². The van der Waals surface area contributed by atoms with Gasteiger partial charge in [-0.25, -0.2) is 9.59 Å². The summed E-state index contributed by atoms with van der Waals surface area (Å²) in [6.45, 7) is 5.72. The summed E-state index contributed by atoms with van der Waals surface area (Å²) in [6.07, 6.45) is 9.91. The molecule has 1 atom stereocenters. The van der Waals surface area contributed by atoms with Gasteiger partial charge in [-0.3, -0.25) is 9.69 Å². The van der Waals surface area contributed by atoms with Gasteiger partial charge in [0.2, 0.25) is 5.91 Å². The Morgan fingerprint density at radius 1 is 1.15 bits per heavy atom. The number of methoxy groups -OCH3 is 1. The van der Waals surface area contributed by atoms with Crippen molar-refractivity contribution in [2.24, 2.45) is 0 Å². The zero-order valence-electron chi connectivity index (χ0n) is 20.0. The maximum atomic E-state index is 12.9. The van der Waals surface area contributed by atoms with Gasteiger partial charge in [-0.1, -0.05) is 18.1 Å². The highest BCUT2D eigenvalue weighted by Crippen LogP contribution is 2.34. The summed E-state index contributed by atoms with van der Waals surface area (Å²) in [5.74, 6) is 2.40. The predicted octanol–water partition coefficient (Wildman–Crippen LogP) is 3.94. The summed E-state index contributed by atoms with van der Waals surface area (Å²) in [6, 6.07) is 5.47. The monoisotopic (exact) mass is 454 g/mol. The first-order chi connectivity index (χ1) is 15.6. The largest absolute Gasteiger partial charge is 0.465 e. The molecule has 1 aliphatic heterocycles. The summed E-state index contributed by atoms with van der Waals surface area (Å²) in [5, 5.41) is 3.15. The molecule has 7 nitrogen and oxygen atoms in total. The number of carbonyl (C=O) groups is 3. The van der Waals surface area contributed by atoms with Crippen LogP contribution in [0.5, 0.6) is 0 Å². The highest BCUT2D eigenvalue weighted by molar-refractivity contribution is 5.91. The van der Waals surface area contributed by atoms with Gasteiger partial charge in [0.25, 0.3) is 0 Å². The molecule has 2 amide bonds. The van der Waals surface area contributed by atoms with Crippen LogP contribution in [0.3, 0.4) is 0 Å². The number of terminal acetylenes is 1. The Hall–Kier alpha value is -3.01. The van der Waals surface area contributed by atoms with Gasteiger partial charge in [0.05, 0.1) is 12.7 Å². The number of esters is 1. The first-order valence-corrected chi connectivity index (χ1v) is 11.6. The number of benzene rings is 1. The fourth-order valence-corrected chi connectivity index (χ4v) is 4.71. The maximum Gasteiger partial charge on any atom is 0.411 e. The van der Waals surface area contributed by atoms with Gasteiger partial charge in [0, 0.05) is 12.6 Å². The van der Waals surface area contributed by atoms with E-state index in [0.717, 1.165) is 37.7 Å². The van der Waals surface area contributed by atoms with Crippen molar-refractivity contribution in [2.75, 3.05) is 13.7 Å². The van der Waals surface area contributed by atoms with E-state index in [4.69, 9.17) is 15.9 Å². The molecule has 2 aliphatic rings. The van der Waals surface area contributed by atoms with Crippen molar-refractivity contribution < 1.29 is 23.9 Å². The zero-order valence-corrected chi connectivity index (χ0v) is 20.0. The molecule has 1 aromatic carbocycles. The number of likely N-dealkylation sites (tertiary alicyclic amines) is 1. The van der Waals surface area contributed by atoms with E-state index in [2.05, 4.69) is 17.3 Å². The van der Waals surface area contributed by atoms with Crippen molar-refractivity contribution >= 4 is 18.0 Å². The normalized spacial score (nSPS) is 22.9. The lowest BCUT2D eigenvalue weighted by molar-refractivity contribution is -0.126. The van der Waals surface area contributed by atoms with Gasteiger partial charge >= 0.3 is 12.1 Å². The quantitative estimate of drug-likeness (QED) is 0.538. The average Bonchev–Trinajstić information content (AvgIpc) is 3.29. The van der Waals surface area contributed by atoms with Crippen molar-refractivity contribution in [1.82, 2.24) is 10.2 Å². The van der Waals surface area contributed by atoms with Gasteiger partial charge < -0.3 is 14.8 Å². The number of nitrogens with zero attached hydrogens (tertiary/aromatic N) is 1. The SMILES string of the molecule is C#CC(C)(C)OC(=O)N1CCC[C@@H]1C(=O)NC1CCC(c2ccc(C(=O)OC)c(C)c2)CC1. The minimum atomic E-state index is -1.01. The average molecular weight is 455 g/mol. The molecule has 1 aliphatic carbocycles. The second-order valence-electron chi connectivity index (χ2n) is 9.50. The standard InChI is InChI=1S/C26H34N2O5/c1-6-26(3,4)33-25(31)28-15-7-8-22(28)23(29)27-20-12-9-18(10-13-20)19-11-14-21(17(2)16-19)24(30)32-5/h1,11,14,16,18,20,22H,7-10,12-13,15H2,2-5H3,(H,27,29)/t18?,20?,22-/m1/s1. The Bertz CT molecular complexity index is 940. The molecule has 2 fully saturated rings. The number of nitrogens with one attached hydrogen (secondary N) is 1. The summed E-state index contributed by atoms with van der Waals surface area (Å²) < 4.78 is 10.2. The third-order valence-electron chi connectivity index (χ3n) is 6.68. The number of hydrogen-bond donors (Lipinski definition) is 1. The van der Waals surface area contributed by atoms with Crippen molar-refractivity contribution in [3.63, 3.8) is 0 Å². The molecule has 1 saturated heterocycles. The van der Waals surface area contributed by atoms with Crippen molar-refractivity contribution in [1.29, 1.82) is 0 Å². The Kier molecular flexibility index (Phi) is 7.68. The fourth-order valence-electron chi connectivity index (χ4n) is 4.71. The van der Waals surface area contributed by atoms with E-state index < -0.39 is 17.7 Å². The molecule has 0 spiro atoms. The minimum absolute atomic E-state index is 0.0878. The van der Waals surface area contributed by atoms with Gasteiger partial charge in [-0.2, -0.15) is 0 Å². The van der Waals surface area contributed by atoms with E-state index in [1.165, 1.54) is 17.6 Å². The fraction of sp³-hybridized carbons (Fsp3) is 0.577. The van der Waals surface area contributed by atoms with Gasteiger partial charge in [-0.05, 0) is 82.4 Å². The number of ether oxygens (including phenoxy) is 2. The van der Waals surface area contributed by atoms with Crippen molar-refractivity contribution in [2.45, 2.75) is 82.9 Å². The topological polar surface area (TPSA) is 84.9 Å². The number of hydrogen-bond acceptors (Lipinski definition) is 5. The minimum Gasteiger partial charge on any atom is -0.465 e. The van der Waals surface area contributed by atoms with Crippen LogP contribution in [0.1, 0.15) is 79.8 Å². The summed E-state index contributed by atoms with van der Waals surface area (Å²) >= 11 is 0. The van der Waals surface area contributed by atoms with Crippen LogP contribution in [0.15, 0.2) is 18.2 Å². The Balaban J connectivity index is 1.54. The van der Waals surface area contributed by atoms with Crippen LogP contribution in [-0.2, 0) is 14.3 Å². The van der Waals surface area contributed by atoms with E-state index in [1.54, 1.807) is 13.8 Å². The molecule has 33 heavy (non-hydrogen) atoms. The number of rotatable bonds is 5. The first-order valence-electron chi connectivity index (χ1n) is 11.6. The number of aryl methyl sites for hydroxylation is 1. The predicted molar refractivity (Wildman–Crippen MR) is 125 cm³/mol. The smallest absolute Gasteiger partial charge is 0.411 e. The molecule has 1 saturated carbocycles. The van der Waals surface area contributed by atoms with E-state index in [0.29, 0.717) is 24.4 Å². The molecule has 7 heteroatoms. The Morgan fingerprint density at radius 2 is 1.85 bits per heavy atom. The molecule has 1 heterocycles. The molecular formula is C26H34N2O5. The molecule has 1 aromatic rings. The molecule has 0 aromatic heterocycles. The Labute approximate surface area is 196 Å². The lowest BCUT2D eigenvalue weighted by Crippen LogP contribution is -2.50. The molecule has 3 rings (SSSR count). The summed E-state index contributed by atoms with van der Waals surface area (Å²) in [7, 11) is 1.39. The second-order valence-corrected chi connectivity index (χ2v) is 9.50. The molecule has 0 radical (unpaired) electrons. The van der Waals surface area contributed by atoms with Crippen LogP contribution in [0.25, 0.3) is 0 Å². The molecule has 178 valence electrons. The Morgan fingerprint density at radius 3 is 2.45 bits per heavy atom. The van der Waals surface area contributed by atoms with Crippen molar-refractivity contribution in [3.05, 3.63) is 34.9 Å². The van der Waals surface area contributed by atoms with E-state index >= 15 is 0 Å². The molecule has 0 bridgehead atoms. The van der Waals surface area contributed by atoms with E-state index in [1.807, 2.05) is 19.1 Å². The number of carbonyl (C=O) groups excluding carboxylic acids is 3. The van der Waals surface area contributed by atoms with Crippen molar-refractivity contribution in [3.8, 4) is 12.3 Å². The van der Waals surface area contributed by atoms with Crippen LogP contribution in [-0.4, -0.2) is 54.2 Å². The lowest BCUT2D eigenvalue weighted by atomic mass is 9.81. The highest BCUT2D eigenvalue weighted by Gasteiger charge is 2.38. The van der Waals surface area contributed by atoms with Crippen LogP contribution >= 0.6 is 0 Å². The molecule has 1 N–H and O–H groups in total. The van der Waals surface area contributed by atoms with Crippen LogP contribution < -0.4 is 5.32 Å². The van der Waals surface area contributed by atoms with Crippen LogP contribution in [0.2, 0.25) is 0 Å². The zero-order chi connectivity index (χ0) is 24.2. The van der Waals surface area contributed by atoms with Gasteiger partial charge in [0.1, 0.15) is 6.04 Å². The van der Waals surface area contributed by atoms with E-state index in [-0.39, 0.29) is 17.9 Å². The van der Waals surface area contributed by atoms with Gasteiger partial charge in [-0.15, -0.1) is 6.42 Å². The maximum absolute atomic E-state index is 12.9. The number of amides is 2. The van der Waals surface area contributed by atoms with Crippen LogP contribution in [0.4, 0.5) is 4.79 Å². The third kappa shape index (κ3) is 5.87. The molecule has 0 unspecified atom stereocenters.